The van der Waals surface area contributed by atoms with Gasteiger partial charge in [0.2, 0.25) is 10.0 Å². The Morgan fingerprint density at radius 3 is 2.43 bits per heavy atom. The van der Waals surface area contributed by atoms with Gasteiger partial charge in [0, 0.05) is 23.7 Å². The summed E-state index contributed by atoms with van der Waals surface area (Å²) in [6.45, 7) is 2.78. The number of hydrogen-bond acceptors (Lipinski definition) is 4. The highest BCUT2D eigenvalue weighted by Gasteiger charge is 2.26. The van der Waals surface area contributed by atoms with Crippen molar-refractivity contribution in [1.82, 2.24) is 9.73 Å². The van der Waals surface area contributed by atoms with Crippen LogP contribution in [0.5, 0.6) is 0 Å². The first-order valence-electron chi connectivity index (χ1n) is 9.09. The lowest BCUT2D eigenvalue weighted by Gasteiger charge is -2.25. The quantitative estimate of drug-likeness (QED) is 0.593. The molecule has 0 radical (unpaired) electrons. The molecule has 1 heterocycles. The molecule has 8 heteroatoms. The van der Waals surface area contributed by atoms with Crippen molar-refractivity contribution in [3.05, 3.63) is 64.7 Å². The van der Waals surface area contributed by atoms with Crippen LogP contribution < -0.4 is 5.43 Å². The van der Waals surface area contributed by atoms with E-state index < -0.39 is 15.9 Å². The Morgan fingerprint density at radius 1 is 1.04 bits per heavy atom. The second-order valence-electron chi connectivity index (χ2n) is 6.64. The third-order valence-electron chi connectivity index (χ3n) is 4.62. The van der Waals surface area contributed by atoms with Crippen LogP contribution in [-0.4, -0.2) is 37.4 Å². The van der Waals surface area contributed by atoms with Crippen LogP contribution in [0.15, 0.2) is 58.5 Å². The maximum atomic E-state index is 12.8. The first kappa shape index (κ1) is 20.5. The van der Waals surface area contributed by atoms with Gasteiger partial charge in [0.15, 0.2) is 0 Å². The minimum atomic E-state index is -3.59. The number of piperidine rings is 1. The fourth-order valence-electron chi connectivity index (χ4n) is 3.03. The zero-order chi connectivity index (χ0) is 20.1. The molecule has 0 unspecified atom stereocenters. The zero-order valence-electron chi connectivity index (χ0n) is 15.6. The van der Waals surface area contributed by atoms with E-state index in [-0.39, 0.29) is 10.5 Å². The number of rotatable bonds is 5. The summed E-state index contributed by atoms with van der Waals surface area (Å²) < 4.78 is 27.1. The number of nitrogens with one attached hydrogen (secondary N) is 1. The predicted molar refractivity (Wildman–Crippen MR) is 110 cm³/mol. The van der Waals surface area contributed by atoms with Gasteiger partial charge in [-0.25, -0.2) is 13.8 Å². The molecule has 1 amide bonds. The molecule has 0 aliphatic carbocycles. The van der Waals surface area contributed by atoms with Gasteiger partial charge in [-0.15, -0.1) is 0 Å². The summed E-state index contributed by atoms with van der Waals surface area (Å²) in [7, 11) is -3.59. The molecule has 0 atom stereocenters. The first-order valence-corrected chi connectivity index (χ1v) is 10.9. The second kappa shape index (κ2) is 8.86. The minimum Gasteiger partial charge on any atom is -0.267 e. The highest BCUT2D eigenvalue weighted by atomic mass is 35.5. The lowest BCUT2D eigenvalue weighted by atomic mass is 10.1. The van der Waals surface area contributed by atoms with Crippen molar-refractivity contribution < 1.29 is 13.2 Å². The predicted octanol–water partition coefficient (Wildman–Crippen LogP) is 3.67. The van der Waals surface area contributed by atoms with Crippen LogP contribution in [0.2, 0.25) is 5.02 Å². The number of hydrazone groups is 1. The van der Waals surface area contributed by atoms with Gasteiger partial charge in [-0.05, 0) is 55.7 Å². The largest absolute Gasteiger partial charge is 0.271 e. The summed E-state index contributed by atoms with van der Waals surface area (Å²) in [5.41, 5.74) is 4.09. The number of carbonyl (C=O) groups excluding carboxylic acids is 1. The fourth-order valence-corrected chi connectivity index (χ4v) is 4.78. The van der Waals surface area contributed by atoms with Crippen LogP contribution in [-0.2, 0) is 10.0 Å². The summed E-state index contributed by atoms with van der Waals surface area (Å²) in [5, 5.41) is 4.67. The van der Waals surface area contributed by atoms with Crippen LogP contribution in [0.4, 0.5) is 0 Å². The molecule has 6 nitrogen and oxygen atoms in total. The molecule has 0 saturated carbocycles. The lowest BCUT2D eigenvalue weighted by molar-refractivity contribution is 0.0954. The fraction of sp³-hybridized carbons (Fsp3) is 0.300. The Morgan fingerprint density at radius 2 is 1.71 bits per heavy atom. The molecule has 1 N–H and O–H groups in total. The van der Waals surface area contributed by atoms with E-state index in [1.807, 2.05) is 6.07 Å². The van der Waals surface area contributed by atoms with Gasteiger partial charge in [-0.2, -0.15) is 9.41 Å². The SMILES string of the molecule is C/C(=N/NC(=O)c1cccc(S(=O)(=O)N2CCCCC2)c1)c1cccc(Cl)c1. The van der Waals surface area contributed by atoms with Crippen LogP contribution in [0.3, 0.4) is 0 Å². The van der Waals surface area contributed by atoms with E-state index in [9.17, 15) is 13.2 Å². The molecule has 1 fully saturated rings. The van der Waals surface area contributed by atoms with E-state index >= 15 is 0 Å². The van der Waals surface area contributed by atoms with Crippen molar-refractivity contribution in [3.63, 3.8) is 0 Å². The highest BCUT2D eigenvalue weighted by molar-refractivity contribution is 7.89. The minimum absolute atomic E-state index is 0.123. The van der Waals surface area contributed by atoms with E-state index in [0.29, 0.717) is 23.8 Å². The molecule has 3 rings (SSSR count). The maximum Gasteiger partial charge on any atom is 0.271 e. The molecule has 0 spiro atoms. The monoisotopic (exact) mass is 419 g/mol. The molecular weight excluding hydrogens is 398 g/mol. The normalized spacial score (nSPS) is 16.0. The molecule has 1 saturated heterocycles. The lowest BCUT2D eigenvalue weighted by Crippen LogP contribution is -2.35. The number of amides is 1. The summed E-state index contributed by atoms with van der Waals surface area (Å²) >= 11 is 5.97. The molecule has 1 aliphatic heterocycles. The Kier molecular flexibility index (Phi) is 6.49. The van der Waals surface area contributed by atoms with Gasteiger partial charge in [0.1, 0.15) is 0 Å². The smallest absolute Gasteiger partial charge is 0.267 e. The Bertz CT molecular complexity index is 999. The Labute approximate surface area is 170 Å². The van der Waals surface area contributed by atoms with E-state index in [0.717, 1.165) is 24.8 Å². The topological polar surface area (TPSA) is 78.8 Å². The summed E-state index contributed by atoms with van der Waals surface area (Å²) in [6, 6.07) is 13.2. The van der Waals surface area contributed by atoms with Gasteiger partial charge in [0.05, 0.1) is 10.6 Å². The Balaban J connectivity index is 1.76. The Hall–Kier alpha value is -2.22. The molecule has 2 aromatic carbocycles. The number of hydrogen-bond donors (Lipinski definition) is 1. The van der Waals surface area contributed by atoms with E-state index in [2.05, 4.69) is 10.5 Å². The maximum absolute atomic E-state index is 12.8. The number of sulfonamides is 1. The number of halogens is 1. The molecule has 0 bridgehead atoms. The molecule has 0 aromatic heterocycles. The van der Waals surface area contributed by atoms with Gasteiger partial charge >= 0.3 is 0 Å². The molecule has 148 valence electrons. The summed E-state index contributed by atoms with van der Waals surface area (Å²) in [5.74, 6) is -0.475. The van der Waals surface area contributed by atoms with Crippen molar-refractivity contribution >= 4 is 33.2 Å². The molecular formula is C20H22ClN3O3S. The van der Waals surface area contributed by atoms with Crippen molar-refractivity contribution in [2.75, 3.05) is 13.1 Å². The third-order valence-corrected chi connectivity index (χ3v) is 6.75. The average Bonchev–Trinajstić information content (AvgIpc) is 2.72. The average molecular weight is 420 g/mol. The van der Waals surface area contributed by atoms with Gasteiger partial charge in [-0.3, -0.25) is 4.79 Å². The zero-order valence-corrected chi connectivity index (χ0v) is 17.1. The number of carbonyl (C=O) groups is 1. The van der Waals surface area contributed by atoms with E-state index in [1.54, 1.807) is 37.3 Å². The van der Waals surface area contributed by atoms with Crippen molar-refractivity contribution in [2.45, 2.75) is 31.1 Å². The van der Waals surface area contributed by atoms with Crippen molar-refractivity contribution in [2.24, 2.45) is 5.10 Å². The van der Waals surface area contributed by atoms with Crippen molar-refractivity contribution in [1.29, 1.82) is 0 Å². The summed E-state index contributed by atoms with van der Waals surface area (Å²) in [6.07, 6.45) is 2.76. The standard InChI is InChI=1S/C20H22ClN3O3S/c1-15(16-7-5-9-18(21)13-16)22-23-20(25)17-8-6-10-19(14-17)28(26,27)24-11-3-2-4-12-24/h5-10,13-14H,2-4,11-12H2,1H3,(H,23,25)/b22-15-. The van der Waals surface area contributed by atoms with Crippen LogP contribution in [0.25, 0.3) is 0 Å². The summed E-state index contributed by atoms with van der Waals surface area (Å²) in [4.78, 5) is 12.6. The second-order valence-corrected chi connectivity index (χ2v) is 9.02. The van der Waals surface area contributed by atoms with Gasteiger partial charge < -0.3 is 0 Å². The first-order chi connectivity index (χ1) is 13.4. The number of benzene rings is 2. The van der Waals surface area contributed by atoms with E-state index in [1.165, 1.54) is 16.4 Å². The van der Waals surface area contributed by atoms with Gasteiger partial charge in [-0.1, -0.05) is 36.2 Å². The van der Waals surface area contributed by atoms with E-state index in [4.69, 9.17) is 11.6 Å². The highest BCUT2D eigenvalue weighted by Crippen LogP contribution is 2.21. The number of nitrogens with zero attached hydrogens (tertiary/aromatic N) is 2. The molecule has 2 aromatic rings. The third kappa shape index (κ3) is 4.79. The van der Waals surface area contributed by atoms with Gasteiger partial charge in [0.25, 0.3) is 5.91 Å². The molecule has 28 heavy (non-hydrogen) atoms. The van der Waals surface area contributed by atoms with Crippen LogP contribution >= 0.6 is 11.6 Å². The van der Waals surface area contributed by atoms with Crippen molar-refractivity contribution in [3.8, 4) is 0 Å². The van der Waals surface area contributed by atoms with Crippen LogP contribution in [0.1, 0.15) is 42.1 Å². The van der Waals surface area contributed by atoms with Crippen LogP contribution in [0, 0.1) is 0 Å². The molecule has 1 aliphatic rings.